The van der Waals surface area contributed by atoms with Crippen molar-refractivity contribution in [2.45, 2.75) is 0 Å². The van der Waals surface area contributed by atoms with Gasteiger partial charge in [0.2, 0.25) is 5.88 Å². The summed E-state index contributed by atoms with van der Waals surface area (Å²) in [5.74, 6) is 0.424. The van der Waals surface area contributed by atoms with Crippen molar-refractivity contribution in [3.8, 4) is 34.5 Å². The maximum absolute atomic E-state index is 13.3. The minimum Gasteiger partial charge on any atom is -0.480 e. The third-order valence-electron chi connectivity index (χ3n) is 4.12. The molecule has 4 nitrogen and oxygen atoms in total. The van der Waals surface area contributed by atoms with Crippen LogP contribution in [-0.4, -0.2) is 12.1 Å². The van der Waals surface area contributed by atoms with Crippen LogP contribution in [0.5, 0.6) is 5.88 Å². The number of nitriles is 1. The van der Waals surface area contributed by atoms with Crippen molar-refractivity contribution < 1.29 is 13.5 Å². The van der Waals surface area contributed by atoms with Gasteiger partial charge < -0.3 is 9.15 Å². The van der Waals surface area contributed by atoms with Gasteiger partial charge in [-0.2, -0.15) is 5.26 Å². The van der Waals surface area contributed by atoms with Crippen LogP contribution in [-0.2, 0) is 0 Å². The highest BCUT2D eigenvalue weighted by atomic mass is 19.1. The number of ether oxygens (including phenoxy) is 1. The van der Waals surface area contributed by atoms with Crippen LogP contribution in [0.2, 0.25) is 0 Å². The highest BCUT2D eigenvalue weighted by Crippen LogP contribution is 2.35. The number of halogens is 1. The third kappa shape index (κ3) is 2.68. The zero-order chi connectivity index (χ0) is 18.1. The summed E-state index contributed by atoms with van der Waals surface area (Å²) < 4.78 is 24.5. The Morgan fingerprint density at radius 1 is 1.08 bits per heavy atom. The standard InChI is InChI=1S/C21H13FN2O2/c1-25-21-17(12-23)16(13-6-8-15(22)9-7-13)11-18(24-21)20-10-14-4-2-3-5-19(14)26-20/h2-11H,1H3. The highest BCUT2D eigenvalue weighted by molar-refractivity contribution is 5.84. The number of pyridine rings is 1. The Morgan fingerprint density at radius 2 is 1.85 bits per heavy atom. The minimum atomic E-state index is -0.342. The van der Waals surface area contributed by atoms with E-state index in [1.54, 1.807) is 18.2 Å². The first-order chi connectivity index (χ1) is 12.7. The molecule has 2 aromatic heterocycles. The Bertz CT molecular complexity index is 1110. The second-order valence-corrected chi connectivity index (χ2v) is 5.71. The van der Waals surface area contributed by atoms with Gasteiger partial charge in [0.05, 0.1) is 7.11 Å². The van der Waals surface area contributed by atoms with Gasteiger partial charge in [0.25, 0.3) is 0 Å². The van der Waals surface area contributed by atoms with Crippen molar-refractivity contribution in [3.63, 3.8) is 0 Å². The van der Waals surface area contributed by atoms with E-state index in [1.165, 1.54) is 19.2 Å². The van der Waals surface area contributed by atoms with Crippen molar-refractivity contribution in [3.05, 3.63) is 72.0 Å². The van der Waals surface area contributed by atoms with E-state index in [0.717, 1.165) is 11.0 Å². The summed E-state index contributed by atoms with van der Waals surface area (Å²) >= 11 is 0. The molecule has 0 aliphatic rings. The topological polar surface area (TPSA) is 59.1 Å². The molecule has 4 rings (SSSR count). The van der Waals surface area contributed by atoms with Crippen LogP contribution in [0, 0.1) is 17.1 Å². The summed E-state index contributed by atoms with van der Waals surface area (Å²) in [6.45, 7) is 0. The zero-order valence-electron chi connectivity index (χ0n) is 13.9. The molecule has 2 aromatic carbocycles. The fourth-order valence-electron chi connectivity index (χ4n) is 2.87. The van der Waals surface area contributed by atoms with Crippen LogP contribution in [0.3, 0.4) is 0 Å². The van der Waals surface area contributed by atoms with Crippen molar-refractivity contribution >= 4 is 11.0 Å². The zero-order valence-corrected chi connectivity index (χ0v) is 13.9. The molecule has 0 saturated carbocycles. The first-order valence-electron chi connectivity index (χ1n) is 7.93. The van der Waals surface area contributed by atoms with Gasteiger partial charge >= 0.3 is 0 Å². The molecule has 0 spiro atoms. The maximum atomic E-state index is 13.3. The summed E-state index contributed by atoms with van der Waals surface area (Å²) in [6, 6.07) is 19.4. The van der Waals surface area contributed by atoms with Crippen LogP contribution in [0.1, 0.15) is 5.56 Å². The van der Waals surface area contributed by atoms with E-state index in [4.69, 9.17) is 9.15 Å². The average Bonchev–Trinajstić information content (AvgIpc) is 3.11. The average molecular weight is 344 g/mol. The van der Waals surface area contributed by atoms with Gasteiger partial charge in [-0.25, -0.2) is 9.37 Å². The SMILES string of the molecule is COc1nc(-c2cc3ccccc3o2)cc(-c2ccc(F)cc2)c1C#N. The number of nitrogens with zero attached hydrogens (tertiary/aromatic N) is 2. The number of para-hydroxylation sites is 1. The molecule has 2 heterocycles. The largest absolute Gasteiger partial charge is 0.480 e. The van der Waals surface area contributed by atoms with Crippen LogP contribution >= 0.6 is 0 Å². The fraction of sp³-hybridized carbons (Fsp3) is 0.0476. The quantitative estimate of drug-likeness (QED) is 0.514. The molecule has 26 heavy (non-hydrogen) atoms. The Labute approximate surface area is 149 Å². The van der Waals surface area contributed by atoms with E-state index in [9.17, 15) is 9.65 Å². The monoisotopic (exact) mass is 344 g/mol. The van der Waals surface area contributed by atoms with E-state index < -0.39 is 0 Å². The summed E-state index contributed by atoms with van der Waals surface area (Å²) in [6.07, 6.45) is 0. The predicted octanol–water partition coefficient (Wildman–Crippen LogP) is 5.18. The number of methoxy groups -OCH3 is 1. The number of rotatable bonds is 3. The molecule has 0 N–H and O–H groups in total. The van der Waals surface area contributed by atoms with Gasteiger partial charge in [-0.15, -0.1) is 0 Å². The first-order valence-corrected chi connectivity index (χ1v) is 7.93. The molecule has 0 saturated heterocycles. The first kappa shape index (κ1) is 15.9. The van der Waals surface area contributed by atoms with E-state index >= 15 is 0 Å². The lowest BCUT2D eigenvalue weighted by atomic mass is 10.00. The molecule has 126 valence electrons. The normalized spacial score (nSPS) is 10.7. The molecular formula is C21H13FN2O2. The molecular weight excluding hydrogens is 331 g/mol. The van der Waals surface area contributed by atoms with Crippen LogP contribution in [0.4, 0.5) is 4.39 Å². The molecule has 0 amide bonds. The predicted molar refractivity (Wildman–Crippen MR) is 96.1 cm³/mol. The molecule has 0 fully saturated rings. The summed E-state index contributed by atoms with van der Waals surface area (Å²) in [5.41, 5.74) is 2.88. The van der Waals surface area contributed by atoms with Gasteiger partial charge in [-0.3, -0.25) is 0 Å². The number of furan rings is 1. The van der Waals surface area contributed by atoms with Gasteiger partial charge in [-0.1, -0.05) is 30.3 Å². The molecule has 4 aromatic rings. The molecule has 0 unspecified atom stereocenters. The lowest BCUT2D eigenvalue weighted by molar-refractivity contribution is 0.397. The highest BCUT2D eigenvalue weighted by Gasteiger charge is 2.18. The third-order valence-corrected chi connectivity index (χ3v) is 4.12. The summed E-state index contributed by atoms with van der Waals surface area (Å²) in [7, 11) is 1.46. The van der Waals surface area contributed by atoms with E-state index in [-0.39, 0.29) is 11.7 Å². The lowest BCUT2D eigenvalue weighted by Crippen LogP contribution is -1.97. The van der Waals surface area contributed by atoms with E-state index in [0.29, 0.717) is 28.1 Å². The van der Waals surface area contributed by atoms with Gasteiger partial charge in [0.15, 0.2) is 5.76 Å². The Balaban J connectivity index is 1.94. The molecule has 0 atom stereocenters. The van der Waals surface area contributed by atoms with E-state index in [1.807, 2.05) is 30.3 Å². The number of aromatic nitrogens is 1. The second-order valence-electron chi connectivity index (χ2n) is 5.71. The lowest BCUT2D eigenvalue weighted by Gasteiger charge is -2.10. The van der Waals surface area contributed by atoms with Gasteiger partial charge in [0.1, 0.15) is 28.7 Å². The molecule has 0 bridgehead atoms. The Kier molecular flexibility index (Phi) is 3.86. The van der Waals surface area contributed by atoms with Crippen molar-refractivity contribution in [1.29, 1.82) is 5.26 Å². The number of hydrogen-bond donors (Lipinski definition) is 0. The van der Waals surface area contributed by atoms with Crippen LogP contribution < -0.4 is 4.74 Å². The second kappa shape index (κ2) is 6.34. The van der Waals surface area contributed by atoms with Crippen molar-refractivity contribution in [2.75, 3.05) is 7.11 Å². The minimum absolute atomic E-state index is 0.199. The fourth-order valence-corrected chi connectivity index (χ4v) is 2.87. The van der Waals surface area contributed by atoms with Crippen LogP contribution in [0.25, 0.3) is 33.6 Å². The van der Waals surface area contributed by atoms with Crippen molar-refractivity contribution in [1.82, 2.24) is 4.98 Å². The smallest absolute Gasteiger partial charge is 0.232 e. The van der Waals surface area contributed by atoms with Gasteiger partial charge in [0, 0.05) is 10.9 Å². The molecule has 0 aliphatic heterocycles. The Hall–Kier alpha value is -3.65. The van der Waals surface area contributed by atoms with Crippen molar-refractivity contribution in [2.24, 2.45) is 0 Å². The molecule has 0 aliphatic carbocycles. The van der Waals surface area contributed by atoms with E-state index in [2.05, 4.69) is 11.1 Å². The summed E-state index contributed by atoms with van der Waals surface area (Å²) in [5, 5.41) is 10.5. The molecule has 0 radical (unpaired) electrons. The van der Waals surface area contributed by atoms with Crippen LogP contribution in [0.15, 0.2) is 65.1 Å². The maximum Gasteiger partial charge on any atom is 0.232 e. The number of hydrogen-bond acceptors (Lipinski definition) is 4. The summed E-state index contributed by atoms with van der Waals surface area (Å²) in [4.78, 5) is 4.42. The number of benzene rings is 2. The molecule has 5 heteroatoms. The van der Waals surface area contributed by atoms with Gasteiger partial charge in [-0.05, 0) is 35.9 Å². The Morgan fingerprint density at radius 3 is 2.54 bits per heavy atom. The number of fused-ring (bicyclic) bond motifs is 1.